The van der Waals surface area contributed by atoms with Gasteiger partial charge in [0.15, 0.2) is 12.6 Å². The van der Waals surface area contributed by atoms with Gasteiger partial charge < -0.3 is 24.1 Å². The van der Waals surface area contributed by atoms with Crippen molar-refractivity contribution in [3.05, 3.63) is 0 Å². The van der Waals surface area contributed by atoms with Crippen LogP contribution < -0.4 is 0 Å². The number of hydrogen-bond donors (Lipinski definition) is 1. The van der Waals surface area contributed by atoms with Gasteiger partial charge >= 0.3 is 0 Å². The predicted molar refractivity (Wildman–Crippen MR) is 253 cm³/mol. The van der Waals surface area contributed by atoms with Gasteiger partial charge in [-0.1, -0.05) is 143 Å². The Balaban J connectivity index is 0.000000330. The molecule has 2 saturated carbocycles. The van der Waals surface area contributed by atoms with E-state index < -0.39 is 0 Å². The standard InChI is InChI=1S/C27H50O4.C27H48O4/c2*1-3-5-7-9-11-15-22(28)18-19-24-23(16-12-10-8-6-4-2)25(29)21-26(24)31-27-17-13-14-20-30-27/h23-27,29H,3-21H2,1-2H3;23-24,26-27H,3-21H2,1-2H3/t23-,24-,25+,26-,27?;23-,24-,26-,27?/m11/s1. The summed E-state index contributed by atoms with van der Waals surface area (Å²) < 4.78 is 24.3. The second kappa shape index (κ2) is 35.1. The fourth-order valence-electron chi connectivity index (χ4n) is 10.8. The van der Waals surface area contributed by atoms with E-state index in [4.69, 9.17) is 18.9 Å². The van der Waals surface area contributed by atoms with Gasteiger partial charge in [0.25, 0.3) is 0 Å². The van der Waals surface area contributed by atoms with Crippen molar-refractivity contribution >= 4 is 17.3 Å². The fourth-order valence-corrected chi connectivity index (χ4v) is 10.8. The number of carbonyl (C=O) groups excluding carboxylic acids is 3. The molecule has 362 valence electrons. The van der Waals surface area contributed by atoms with Gasteiger partial charge in [-0.15, -0.1) is 0 Å². The van der Waals surface area contributed by atoms with Crippen LogP contribution >= 0.6 is 0 Å². The van der Waals surface area contributed by atoms with Gasteiger partial charge in [0.2, 0.25) is 0 Å². The maximum Gasteiger partial charge on any atom is 0.157 e. The van der Waals surface area contributed by atoms with Crippen LogP contribution in [0.3, 0.4) is 0 Å². The van der Waals surface area contributed by atoms with Crippen LogP contribution in [-0.4, -0.2) is 66.6 Å². The summed E-state index contributed by atoms with van der Waals surface area (Å²) in [6.07, 6.45) is 37.6. The lowest BCUT2D eigenvalue weighted by atomic mass is 9.84. The maximum atomic E-state index is 12.9. The van der Waals surface area contributed by atoms with Crippen molar-refractivity contribution < 1.29 is 38.4 Å². The topological polar surface area (TPSA) is 108 Å². The van der Waals surface area contributed by atoms with Crippen LogP contribution in [0.2, 0.25) is 0 Å². The number of ether oxygens (including phenoxy) is 4. The van der Waals surface area contributed by atoms with Crippen LogP contribution in [0, 0.1) is 23.7 Å². The molecule has 0 aromatic carbocycles. The van der Waals surface area contributed by atoms with E-state index in [9.17, 15) is 19.5 Å². The SMILES string of the molecule is CCCCCCCC(=O)CC[C@@H]1[C@@H](CCCCCCC)[C@@H](O)C[C@H]1OC1CCCCO1.CCCCCCCC(=O)CC[C@H]1[C@H](OC2CCCCO2)CC(=O)[C@@H]1CCCCCCC. The number of aliphatic hydroxyl groups is 1. The van der Waals surface area contributed by atoms with E-state index in [0.717, 1.165) is 110 Å². The first-order valence-electron chi connectivity index (χ1n) is 27.1. The van der Waals surface area contributed by atoms with Gasteiger partial charge in [0.05, 0.1) is 18.3 Å². The highest BCUT2D eigenvalue weighted by molar-refractivity contribution is 5.84. The van der Waals surface area contributed by atoms with Crippen LogP contribution in [0.15, 0.2) is 0 Å². The molecule has 0 aromatic heterocycles. The quantitative estimate of drug-likeness (QED) is 0.0637. The Bertz CT molecular complexity index is 1130. The van der Waals surface area contributed by atoms with Crippen molar-refractivity contribution in [2.45, 2.75) is 290 Å². The van der Waals surface area contributed by atoms with Gasteiger partial charge in [-0.3, -0.25) is 14.4 Å². The van der Waals surface area contributed by atoms with E-state index >= 15 is 0 Å². The Morgan fingerprint density at radius 3 is 1.45 bits per heavy atom. The molecule has 4 fully saturated rings. The Hall–Kier alpha value is -1.19. The molecular formula is C54H98O8. The zero-order valence-corrected chi connectivity index (χ0v) is 40.9. The third kappa shape index (κ3) is 22.8. The molecule has 0 spiro atoms. The fraction of sp³-hybridized carbons (Fsp3) is 0.944. The van der Waals surface area contributed by atoms with Gasteiger partial charge in [-0.2, -0.15) is 0 Å². The summed E-state index contributed by atoms with van der Waals surface area (Å²) in [7, 11) is 0. The largest absolute Gasteiger partial charge is 0.393 e. The van der Waals surface area contributed by atoms with Crippen molar-refractivity contribution in [3.63, 3.8) is 0 Å². The molecule has 0 radical (unpaired) electrons. The molecule has 2 saturated heterocycles. The molecule has 8 nitrogen and oxygen atoms in total. The Kier molecular flexibility index (Phi) is 31.2. The van der Waals surface area contributed by atoms with Crippen molar-refractivity contribution in [1.82, 2.24) is 0 Å². The molecule has 2 heterocycles. The molecular weight excluding hydrogens is 777 g/mol. The molecule has 2 aliphatic carbocycles. The van der Waals surface area contributed by atoms with Crippen LogP contribution in [0.5, 0.6) is 0 Å². The summed E-state index contributed by atoms with van der Waals surface area (Å²) in [5.74, 6) is 1.94. The smallest absolute Gasteiger partial charge is 0.157 e. The highest BCUT2D eigenvalue weighted by Gasteiger charge is 2.45. The lowest BCUT2D eigenvalue weighted by Crippen LogP contribution is -2.31. The molecule has 4 aliphatic rings. The molecule has 2 aliphatic heterocycles. The normalized spacial score (nSPS) is 27.6. The molecule has 0 amide bonds. The molecule has 8 heteroatoms. The van der Waals surface area contributed by atoms with Gasteiger partial charge in [0.1, 0.15) is 17.3 Å². The monoisotopic (exact) mass is 875 g/mol. The zero-order valence-electron chi connectivity index (χ0n) is 40.9. The Morgan fingerprint density at radius 2 is 0.968 bits per heavy atom. The average molecular weight is 875 g/mol. The summed E-state index contributed by atoms with van der Waals surface area (Å²) in [4.78, 5) is 37.9. The Labute approximate surface area is 381 Å². The Morgan fingerprint density at radius 1 is 0.516 bits per heavy atom. The number of Topliss-reactive ketones (excluding diaryl/α,β-unsaturated/α-hetero) is 3. The minimum atomic E-state index is -0.297. The molecule has 2 unspecified atom stereocenters. The summed E-state index contributed by atoms with van der Waals surface area (Å²) in [6.45, 7) is 10.4. The maximum absolute atomic E-state index is 12.9. The van der Waals surface area contributed by atoms with Crippen LogP contribution in [0.4, 0.5) is 0 Å². The van der Waals surface area contributed by atoms with Crippen molar-refractivity contribution in [2.24, 2.45) is 23.7 Å². The number of unbranched alkanes of at least 4 members (excludes halogenated alkanes) is 16. The third-order valence-electron chi connectivity index (χ3n) is 14.6. The molecule has 0 bridgehead atoms. The molecule has 0 aromatic rings. The first kappa shape index (κ1) is 55.1. The van der Waals surface area contributed by atoms with E-state index in [2.05, 4.69) is 27.7 Å². The highest BCUT2D eigenvalue weighted by atomic mass is 16.7. The van der Waals surface area contributed by atoms with E-state index in [-0.39, 0.29) is 54.6 Å². The number of rotatable bonds is 34. The van der Waals surface area contributed by atoms with Gasteiger partial charge in [0, 0.05) is 57.7 Å². The first-order valence-corrected chi connectivity index (χ1v) is 27.1. The lowest BCUT2D eigenvalue weighted by Gasteiger charge is -2.30. The minimum absolute atomic E-state index is 0.0381. The predicted octanol–water partition coefficient (Wildman–Crippen LogP) is 14.1. The summed E-state index contributed by atoms with van der Waals surface area (Å²) in [5.41, 5.74) is 0. The number of carbonyl (C=O) groups is 3. The number of hydrogen-bond acceptors (Lipinski definition) is 8. The third-order valence-corrected chi connectivity index (χ3v) is 14.6. The van der Waals surface area contributed by atoms with E-state index in [1.54, 1.807) is 0 Å². The summed E-state index contributed by atoms with van der Waals surface area (Å²) in [5, 5.41) is 10.8. The minimum Gasteiger partial charge on any atom is -0.393 e. The van der Waals surface area contributed by atoms with Gasteiger partial charge in [-0.05, 0) is 94.8 Å². The molecule has 4 rings (SSSR count). The van der Waals surface area contributed by atoms with E-state index in [1.807, 2.05) is 0 Å². The molecule has 9 atom stereocenters. The second-order valence-corrected chi connectivity index (χ2v) is 19.9. The first-order chi connectivity index (χ1) is 30.3. The van der Waals surface area contributed by atoms with Crippen LogP contribution in [0.25, 0.3) is 0 Å². The summed E-state index contributed by atoms with van der Waals surface area (Å²) >= 11 is 0. The van der Waals surface area contributed by atoms with Crippen LogP contribution in [0.1, 0.15) is 259 Å². The summed E-state index contributed by atoms with van der Waals surface area (Å²) in [6, 6.07) is 0. The number of aliphatic hydroxyl groups excluding tert-OH is 1. The highest BCUT2D eigenvalue weighted by Crippen LogP contribution is 2.42. The molecule has 62 heavy (non-hydrogen) atoms. The zero-order chi connectivity index (χ0) is 44.6. The average Bonchev–Trinajstić information content (AvgIpc) is 3.74. The molecule has 1 N–H and O–H groups in total. The van der Waals surface area contributed by atoms with Crippen molar-refractivity contribution in [2.75, 3.05) is 13.2 Å². The van der Waals surface area contributed by atoms with E-state index in [1.165, 1.54) is 103 Å². The van der Waals surface area contributed by atoms with Crippen molar-refractivity contribution in [1.29, 1.82) is 0 Å². The number of ketones is 3. The van der Waals surface area contributed by atoms with E-state index in [0.29, 0.717) is 49.5 Å². The second-order valence-electron chi connectivity index (χ2n) is 19.9. The lowest BCUT2D eigenvalue weighted by molar-refractivity contribution is -0.196. The van der Waals surface area contributed by atoms with Gasteiger partial charge in [-0.25, -0.2) is 0 Å². The van der Waals surface area contributed by atoms with Crippen molar-refractivity contribution in [3.8, 4) is 0 Å². The van der Waals surface area contributed by atoms with Crippen LogP contribution in [-0.2, 0) is 33.3 Å².